The SMILES string of the molecule is CC(C)N(C(=O)c1cn(-c2ccc3c(c2)C(=O)N(C2CCC(=O)NC2=O)C3)nn1)[C@@H]1CCN(C)C1. The molecule has 2 saturated heterocycles. The Morgan fingerprint density at radius 3 is 2.69 bits per heavy atom. The first kappa shape index (κ1) is 23.2. The molecule has 2 aromatic rings. The number of imide groups is 1. The summed E-state index contributed by atoms with van der Waals surface area (Å²) in [7, 11) is 2.05. The van der Waals surface area contributed by atoms with Gasteiger partial charge in [-0.2, -0.15) is 0 Å². The number of carbonyl (C=O) groups is 4. The van der Waals surface area contributed by atoms with Crippen molar-refractivity contribution in [3.63, 3.8) is 0 Å². The molecule has 3 aliphatic heterocycles. The second-order valence-electron chi connectivity index (χ2n) is 9.80. The summed E-state index contributed by atoms with van der Waals surface area (Å²) in [6.45, 7) is 6.09. The average Bonchev–Trinajstić information content (AvgIpc) is 3.53. The van der Waals surface area contributed by atoms with E-state index in [1.54, 1.807) is 12.3 Å². The van der Waals surface area contributed by atoms with Crippen molar-refractivity contribution in [3.8, 4) is 5.69 Å². The van der Waals surface area contributed by atoms with Gasteiger partial charge in [0.1, 0.15) is 6.04 Å². The molecule has 0 bridgehead atoms. The minimum absolute atomic E-state index is 0.0278. The second kappa shape index (κ2) is 8.88. The van der Waals surface area contributed by atoms with Crippen LogP contribution in [0.1, 0.15) is 59.5 Å². The molecule has 4 amide bonds. The number of piperidine rings is 1. The molecule has 0 aliphatic carbocycles. The molecule has 1 aromatic heterocycles. The van der Waals surface area contributed by atoms with Gasteiger partial charge in [-0.25, -0.2) is 4.68 Å². The van der Waals surface area contributed by atoms with E-state index < -0.39 is 11.9 Å². The zero-order chi connectivity index (χ0) is 24.9. The number of carbonyl (C=O) groups excluding carboxylic acids is 4. The third kappa shape index (κ3) is 4.20. The van der Waals surface area contributed by atoms with Gasteiger partial charge < -0.3 is 14.7 Å². The number of rotatable bonds is 5. The van der Waals surface area contributed by atoms with E-state index in [1.165, 1.54) is 9.58 Å². The maximum atomic E-state index is 13.3. The second-order valence-corrected chi connectivity index (χ2v) is 9.80. The zero-order valence-electron chi connectivity index (χ0n) is 20.1. The van der Waals surface area contributed by atoms with Gasteiger partial charge in [-0.05, 0) is 58.0 Å². The third-order valence-corrected chi connectivity index (χ3v) is 7.04. The molecule has 0 saturated carbocycles. The number of aromatic nitrogens is 3. The maximum absolute atomic E-state index is 13.3. The molecule has 4 heterocycles. The van der Waals surface area contributed by atoms with E-state index >= 15 is 0 Å². The van der Waals surface area contributed by atoms with Gasteiger partial charge >= 0.3 is 0 Å². The van der Waals surface area contributed by atoms with Gasteiger partial charge in [0.2, 0.25) is 11.8 Å². The van der Waals surface area contributed by atoms with E-state index in [4.69, 9.17) is 0 Å². The molecule has 184 valence electrons. The van der Waals surface area contributed by atoms with Gasteiger partial charge in [-0.15, -0.1) is 5.10 Å². The highest BCUT2D eigenvalue weighted by Gasteiger charge is 2.39. The molecule has 1 unspecified atom stereocenters. The molecule has 0 spiro atoms. The maximum Gasteiger partial charge on any atom is 0.276 e. The van der Waals surface area contributed by atoms with E-state index in [9.17, 15) is 19.2 Å². The minimum Gasteiger partial charge on any atom is -0.330 e. The molecule has 0 radical (unpaired) electrons. The fraction of sp³-hybridized carbons (Fsp3) is 0.500. The van der Waals surface area contributed by atoms with E-state index in [-0.39, 0.29) is 41.9 Å². The van der Waals surface area contributed by atoms with Crippen LogP contribution in [0.2, 0.25) is 0 Å². The third-order valence-electron chi connectivity index (χ3n) is 7.04. The van der Waals surface area contributed by atoms with Gasteiger partial charge in [0.05, 0.1) is 11.9 Å². The van der Waals surface area contributed by atoms with Crippen molar-refractivity contribution in [2.75, 3.05) is 20.1 Å². The van der Waals surface area contributed by atoms with Crippen molar-refractivity contribution in [1.29, 1.82) is 0 Å². The Morgan fingerprint density at radius 2 is 2.00 bits per heavy atom. The molecule has 35 heavy (non-hydrogen) atoms. The minimum atomic E-state index is -0.664. The first-order valence-corrected chi connectivity index (χ1v) is 11.9. The van der Waals surface area contributed by atoms with Gasteiger partial charge in [-0.3, -0.25) is 24.5 Å². The normalized spacial score (nSPS) is 22.6. The summed E-state index contributed by atoms with van der Waals surface area (Å²) in [5.74, 6) is -1.17. The fourth-order valence-corrected chi connectivity index (χ4v) is 5.27. The van der Waals surface area contributed by atoms with Crippen LogP contribution in [-0.2, 0) is 16.1 Å². The van der Waals surface area contributed by atoms with E-state index in [2.05, 4.69) is 27.6 Å². The number of hydrogen-bond donors (Lipinski definition) is 1. The predicted octanol–water partition coefficient (Wildman–Crippen LogP) is 0.583. The van der Waals surface area contributed by atoms with Gasteiger partial charge in [0.25, 0.3) is 11.8 Å². The molecular formula is C24H29N7O4. The molecular weight excluding hydrogens is 450 g/mol. The summed E-state index contributed by atoms with van der Waals surface area (Å²) in [5.41, 5.74) is 2.14. The molecule has 2 fully saturated rings. The van der Waals surface area contributed by atoms with Crippen molar-refractivity contribution in [1.82, 2.24) is 35.0 Å². The van der Waals surface area contributed by atoms with Crippen LogP contribution in [0.15, 0.2) is 24.4 Å². The van der Waals surface area contributed by atoms with Crippen LogP contribution in [0.25, 0.3) is 5.69 Å². The van der Waals surface area contributed by atoms with E-state index in [0.717, 1.165) is 25.1 Å². The highest BCUT2D eigenvalue weighted by Crippen LogP contribution is 2.29. The Morgan fingerprint density at radius 1 is 1.20 bits per heavy atom. The van der Waals surface area contributed by atoms with Crippen molar-refractivity contribution < 1.29 is 19.2 Å². The summed E-state index contributed by atoms with van der Waals surface area (Å²) in [4.78, 5) is 55.8. The fourth-order valence-electron chi connectivity index (χ4n) is 5.27. The summed E-state index contributed by atoms with van der Waals surface area (Å²) in [5, 5.41) is 10.6. The van der Waals surface area contributed by atoms with Crippen LogP contribution in [0.3, 0.4) is 0 Å². The highest BCUT2D eigenvalue weighted by molar-refractivity contribution is 6.05. The number of nitrogens with one attached hydrogen (secondary N) is 1. The van der Waals surface area contributed by atoms with Gasteiger partial charge in [0, 0.05) is 37.2 Å². The van der Waals surface area contributed by atoms with Crippen LogP contribution >= 0.6 is 0 Å². The van der Waals surface area contributed by atoms with Crippen LogP contribution in [0.5, 0.6) is 0 Å². The molecule has 11 nitrogen and oxygen atoms in total. The Bertz CT molecular complexity index is 1210. The van der Waals surface area contributed by atoms with Gasteiger partial charge in [0.15, 0.2) is 5.69 Å². The standard InChI is InChI=1S/C24H29N7O4/c1-14(2)31(17-8-9-28(3)12-17)24(35)19-13-30(27-26-19)16-5-4-15-11-29(23(34)18(15)10-16)20-6-7-21(32)25-22(20)33/h4-5,10,13-14,17,20H,6-9,11-12H2,1-3H3,(H,25,32,33)/t17-,20?/m1/s1. The summed E-state index contributed by atoms with van der Waals surface area (Å²) < 4.78 is 1.49. The number of likely N-dealkylation sites (N-methyl/N-ethyl adjacent to an activating group) is 1. The van der Waals surface area contributed by atoms with Crippen molar-refractivity contribution >= 4 is 23.6 Å². The summed E-state index contributed by atoms with van der Waals surface area (Å²) >= 11 is 0. The summed E-state index contributed by atoms with van der Waals surface area (Å²) in [6.07, 6.45) is 3.04. The zero-order valence-corrected chi connectivity index (χ0v) is 20.1. The van der Waals surface area contributed by atoms with Crippen LogP contribution < -0.4 is 5.32 Å². The van der Waals surface area contributed by atoms with Gasteiger partial charge in [-0.1, -0.05) is 11.3 Å². The summed E-state index contributed by atoms with van der Waals surface area (Å²) in [6, 6.07) is 4.84. The Hall–Kier alpha value is -3.60. The quantitative estimate of drug-likeness (QED) is 0.623. The molecule has 3 aliphatic rings. The van der Waals surface area contributed by atoms with E-state index in [1.807, 2.05) is 30.9 Å². The lowest BCUT2D eigenvalue weighted by Gasteiger charge is -2.32. The van der Waals surface area contributed by atoms with E-state index in [0.29, 0.717) is 24.2 Å². The number of fused-ring (bicyclic) bond motifs is 1. The molecule has 5 rings (SSSR count). The number of amides is 4. The number of nitrogens with zero attached hydrogens (tertiary/aromatic N) is 6. The van der Waals surface area contributed by atoms with Crippen molar-refractivity contribution in [3.05, 3.63) is 41.2 Å². The predicted molar refractivity (Wildman–Crippen MR) is 125 cm³/mol. The number of hydrogen-bond acceptors (Lipinski definition) is 7. The molecule has 1 aromatic carbocycles. The number of benzene rings is 1. The topological polar surface area (TPSA) is 121 Å². The van der Waals surface area contributed by atoms with Crippen LogP contribution in [0.4, 0.5) is 0 Å². The average molecular weight is 480 g/mol. The smallest absolute Gasteiger partial charge is 0.276 e. The Labute approximate surface area is 203 Å². The lowest BCUT2D eigenvalue weighted by Crippen LogP contribution is -2.52. The van der Waals surface area contributed by atoms with Crippen molar-refractivity contribution in [2.45, 2.75) is 57.8 Å². The highest BCUT2D eigenvalue weighted by atomic mass is 16.2. The first-order chi connectivity index (χ1) is 16.7. The first-order valence-electron chi connectivity index (χ1n) is 11.9. The molecule has 1 N–H and O–H groups in total. The van der Waals surface area contributed by atoms with Crippen LogP contribution in [0, 0.1) is 0 Å². The lowest BCUT2D eigenvalue weighted by molar-refractivity contribution is -0.136. The lowest BCUT2D eigenvalue weighted by atomic mass is 10.0. The Balaban J connectivity index is 1.35. The van der Waals surface area contributed by atoms with Crippen molar-refractivity contribution in [2.24, 2.45) is 0 Å². The monoisotopic (exact) mass is 479 g/mol. The molecule has 11 heteroatoms. The number of likely N-dealkylation sites (tertiary alicyclic amines) is 1. The Kier molecular flexibility index (Phi) is 5.87. The largest absolute Gasteiger partial charge is 0.330 e. The van der Waals surface area contributed by atoms with Crippen LogP contribution in [-0.4, -0.2) is 91.6 Å². The molecule has 2 atom stereocenters.